The van der Waals surface area contributed by atoms with Gasteiger partial charge in [0.1, 0.15) is 0 Å². The van der Waals surface area contributed by atoms with Gasteiger partial charge in [0.25, 0.3) is 0 Å². The van der Waals surface area contributed by atoms with Gasteiger partial charge in [-0.2, -0.15) is 0 Å². The maximum Gasteiger partial charge on any atom is 0.0687 e. The fourth-order valence-electron chi connectivity index (χ4n) is 3.37. The molecule has 118 valence electrons. The van der Waals surface area contributed by atoms with Crippen LogP contribution in [0.5, 0.6) is 0 Å². The van der Waals surface area contributed by atoms with Crippen molar-refractivity contribution in [2.24, 2.45) is 0 Å². The summed E-state index contributed by atoms with van der Waals surface area (Å²) in [5.74, 6) is 0. The van der Waals surface area contributed by atoms with Crippen LogP contribution in [0.4, 0.5) is 5.69 Å². The minimum Gasteiger partial charge on any atom is -0.378 e. The molecule has 0 unspecified atom stereocenters. The summed E-state index contributed by atoms with van der Waals surface area (Å²) in [7, 11) is 0. The number of aryl methyl sites for hydroxylation is 2. The maximum atomic E-state index is 5.50. The Morgan fingerprint density at radius 3 is 2.48 bits per heavy atom. The van der Waals surface area contributed by atoms with Crippen molar-refractivity contribution in [3.05, 3.63) is 72.1 Å². The number of hydrogen-bond acceptors (Lipinski definition) is 2. The lowest BCUT2D eigenvalue weighted by atomic mass is 10.1. The van der Waals surface area contributed by atoms with Crippen LogP contribution in [0.2, 0.25) is 0 Å². The number of benzene rings is 1. The van der Waals surface area contributed by atoms with Gasteiger partial charge in [-0.25, -0.2) is 0 Å². The van der Waals surface area contributed by atoms with Crippen molar-refractivity contribution in [2.45, 2.75) is 12.8 Å². The highest BCUT2D eigenvalue weighted by Gasteiger charge is 2.17. The zero-order valence-electron chi connectivity index (χ0n) is 13.3. The van der Waals surface area contributed by atoms with E-state index in [9.17, 15) is 0 Å². The minimum absolute atomic E-state index is 0.823. The lowest BCUT2D eigenvalue weighted by molar-refractivity contribution is 0.123. The van der Waals surface area contributed by atoms with Gasteiger partial charge in [-0.05, 0) is 36.6 Å². The van der Waals surface area contributed by atoms with E-state index in [0.29, 0.717) is 0 Å². The van der Waals surface area contributed by atoms with Gasteiger partial charge in [0.2, 0.25) is 0 Å². The molecule has 0 radical (unpaired) electrons. The highest BCUT2D eigenvalue weighted by molar-refractivity contribution is 5.75. The topological polar surface area (TPSA) is 16.9 Å². The zero-order valence-corrected chi connectivity index (χ0v) is 13.3. The Hall–Kier alpha value is -2.26. The molecule has 0 atom stereocenters. The molecule has 1 fully saturated rings. The lowest BCUT2D eigenvalue weighted by Crippen LogP contribution is -2.36. The molecular formula is C20H22N2O. The van der Waals surface area contributed by atoms with Gasteiger partial charge in [0.15, 0.2) is 0 Å². The molecule has 3 aromatic rings. The van der Waals surface area contributed by atoms with Gasteiger partial charge in [0, 0.05) is 25.0 Å². The van der Waals surface area contributed by atoms with E-state index >= 15 is 0 Å². The summed E-state index contributed by atoms with van der Waals surface area (Å²) < 4.78 is 7.84. The second kappa shape index (κ2) is 6.47. The van der Waals surface area contributed by atoms with Crippen molar-refractivity contribution in [1.82, 2.24) is 4.40 Å². The van der Waals surface area contributed by atoms with Gasteiger partial charge in [0.05, 0.1) is 24.4 Å². The van der Waals surface area contributed by atoms with E-state index in [2.05, 4.69) is 70.1 Å². The van der Waals surface area contributed by atoms with Crippen LogP contribution in [-0.2, 0) is 17.6 Å². The highest BCUT2D eigenvalue weighted by atomic mass is 16.5. The molecule has 0 bridgehead atoms. The normalized spacial score (nSPS) is 15.2. The standard InChI is InChI=1S/C20H22N2O/c1-2-6-17(7-3-1)9-10-18-16-20(21-12-14-23-15-13-21)19-8-4-5-11-22(18)19/h1-8,11,16H,9-10,12-15H2. The number of hydrogen-bond donors (Lipinski definition) is 0. The number of fused-ring (bicyclic) bond motifs is 1. The molecule has 3 heteroatoms. The first-order valence-corrected chi connectivity index (χ1v) is 8.37. The molecule has 1 aliphatic rings. The van der Waals surface area contributed by atoms with Crippen LogP contribution in [0.15, 0.2) is 60.8 Å². The summed E-state index contributed by atoms with van der Waals surface area (Å²) in [6, 6.07) is 19.5. The third-order valence-electron chi connectivity index (χ3n) is 4.60. The first-order chi connectivity index (χ1) is 11.4. The van der Waals surface area contributed by atoms with Crippen molar-refractivity contribution >= 4 is 11.2 Å². The molecule has 0 N–H and O–H groups in total. The van der Waals surface area contributed by atoms with Gasteiger partial charge >= 0.3 is 0 Å². The molecule has 0 spiro atoms. The molecular weight excluding hydrogens is 284 g/mol. The van der Waals surface area contributed by atoms with E-state index in [4.69, 9.17) is 4.74 Å². The SMILES string of the molecule is c1ccc(CCc2cc(N3CCOCC3)c3ccccn23)cc1. The number of rotatable bonds is 4. The Balaban J connectivity index is 1.64. The van der Waals surface area contributed by atoms with Crippen LogP contribution < -0.4 is 4.90 Å². The average molecular weight is 306 g/mol. The molecule has 1 aromatic carbocycles. The molecule has 0 saturated carbocycles. The Morgan fingerprint density at radius 2 is 1.65 bits per heavy atom. The number of aromatic nitrogens is 1. The van der Waals surface area contributed by atoms with Crippen molar-refractivity contribution < 1.29 is 4.74 Å². The van der Waals surface area contributed by atoms with Crippen molar-refractivity contribution in [1.29, 1.82) is 0 Å². The van der Waals surface area contributed by atoms with Crippen molar-refractivity contribution in [3.8, 4) is 0 Å². The van der Waals surface area contributed by atoms with Crippen molar-refractivity contribution in [3.63, 3.8) is 0 Å². The third kappa shape index (κ3) is 2.97. The van der Waals surface area contributed by atoms with E-state index in [1.54, 1.807) is 0 Å². The summed E-state index contributed by atoms with van der Waals surface area (Å²) in [5, 5.41) is 0. The Labute approximate surface area is 137 Å². The number of anilines is 1. The predicted molar refractivity (Wildman–Crippen MR) is 94.3 cm³/mol. The number of ether oxygens (including phenoxy) is 1. The quantitative estimate of drug-likeness (QED) is 0.733. The van der Waals surface area contributed by atoms with E-state index in [-0.39, 0.29) is 0 Å². The number of pyridine rings is 1. The lowest BCUT2D eigenvalue weighted by Gasteiger charge is -2.28. The molecule has 3 heterocycles. The summed E-state index contributed by atoms with van der Waals surface area (Å²) in [6.07, 6.45) is 4.31. The van der Waals surface area contributed by atoms with Crippen LogP contribution in [0, 0.1) is 0 Å². The van der Waals surface area contributed by atoms with Gasteiger partial charge < -0.3 is 14.0 Å². The van der Waals surface area contributed by atoms with Crippen LogP contribution in [-0.4, -0.2) is 30.7 Å². The Kier molecular flexibility index (Phi) is 4.03. The zero-order chi connectivity index (χ0) is 15.5. The first kappa shape index (κ1) is 14.3. The largest absolute Gasteiger partial charge is 0.378 e. The maximum absolute atomic E-state index is 5.50. The number of nitrogens with zero attached hydrogens (tertiary/aromatic N) is 2. The first-order valence-electron chi connectivity index (χ1n) is 8.37. The van der Waals surface area contributed by atoms with E-state index in [1.165, 1.54) is 22.5 Å². The predicted octanol–water partition coefficient (Wildman–Crippen LogP) is 3.56. The number of morpholine rings is 1. The fraction of sp³-hybridized carbons (Fsp3) is 0.300. The molecule has 3 nitrogen and oxygen atoms in total. The smallest absolute Gasteiger partial charge is 0.0687 e. The fourth-order valence-corrected chi connectivity index (χ4v) is 3.37. The van der Waals surface area contributed by atoms with E-state index in [0.717, 1.165) is 39.1 Å². The van der Waals surface area contributed by atoms with Gasteiger partial charge in [-0.3, -0.25) is 0 Å². The van der Waals surface area contributed by atoms with Crippen molar-refractivity contribution in [2.75, 3.05) is 31.2 Å². The molecule has 1 aliphatic heterocycles. The van der Waals surface area contributed by atoms with Gasteiger partial charge in [-0.1, -0.05) is 36.4 Å². The molecule has 23 heavy (non-hydrogen) atoms. The van der Waals surface area contributed by atoms with Crippen LogP contribution in [0.3, 0.4) is 0 Å². The summed E-state index contributed by atoms with van der Waals surface area (Å²) in [6.45, 7) is 3.60. The second-order valence-corrected chi connectivity index (χ2v) is 6.06. The van der Waals surface area contributed by atoms with Crippen LogP contribution in [0.1, 0.15) is 11.3 Å². The Morgan fingerprint density at radius 1 is 0.870 bits per heavy atom. The summed E-state index contributed by atoms with van der Waals surface area (Å²) >= 11 is 0. The molecule has 0 aliphatic carbocycles. The van der Waals surface area contributed by atoms with Crippen LogP contribution >= 0.6 is 0 Å². The van der Waals surface area contributed by atoms with E-state index in [1.807, 2.05) is 0 Å². The second-order valence-electron chi connectivity index (χ2n) is 6.06. The third-order valence-corrected chi connectivity index (χ3v) is 4.60. The van der Waals surface area contributed by atoms with E-state index < -0.39 is 0 Å². The summed E-state index contributed by atoms with van der Waals surface area (Å²) in [4.78, 5) is 2.45. The molecule has 1 saturated heterocycles. The Bertz CT molecular complexity index is 773. The van der Waals surface area contributed by atoms with Gasteiger partial charge in [-0.15, -0.1) is 0 Å². The average Bonchev–Trinajstić information content (AvgIpc) is 3.01. The monoisotopic (exact) mass is 306 g/mol. The molecule has 0 amide bonds. The minimum atomic E-state index is 0.823. The summed E-state index contributed by atoms with van der Waals surface area (Å²) in [5.41, 5.74) is 5.42. The molecule has 4 rings (SSSR count). The molecule has 2 aromatic heterocycles. The van der Waals surface area contributed by atoms with Crippen LogP contribution in [0.25, 0.3) is 5.52 Å². The highest BCUT2D eigenvalue weighted by Crippen LogP contribution is 2.27.